The molecule has 0 nitrogen and oxygen atoms in total. The summed E-state index contributed by atoms with van der Waals surface area (Å²) < 4.78 is 62.4. The van der Waals surface area contributed by atoms with Gasteiger partial charge in [-0.05, 0) is 0 Å². The molecule has 0 aliphatic heterocycles. The summed E-state index contributed by atoms with van der Waals surface area (Å²) in [5, 5.41) is 0. The third-order valence-electron chi connectivity index (χ3n) is 3.18. The van der Waals surface area contributed by atoms with Crippen molar-refractivity contribution in [2.75, 3.05) is 0 Å². The number of hydrogen-bond acceptors (Lipinski definition) is 0. The molecule has 0 heterocycles. The minimum absolute atomic E-state index is 0.638. The van der Waals surface area contributed by atoms with Crippen LogP contribution in [0.15, 0.2) is 48.5 Å². The Morgan fingerprint density at radius 3 is 1.38 bits per heavy atom. The van der Waals surface area contributed by atoms with E-state index in [4.69, 9.17) is 0 Å². The average Bonchev–Trinajstić information content (AvgIpc) is 2.38. The summed E-state index contributed by atoms with van der Waals surface area (Å²) in [5.41, 5.74) is 2.80. The van der Waals surface area contributed by atoms with Crippen LogP contribution in [0.25, 0.3) is 0 Å². The van der Waals surface area contributed by atoms with Gasteiger partial charge in [0.05, 0.1) is 0 Å². The van der Waals surface area contributed by atoms with Crippen LogP contribution in [-0.4, -0.2) is 22.9 Å². The molecule has 0 bridgehead atoms. The Balaban J connectivity index is 0.000000351. The minimum atomic E-state index is -10.7. The van der Waals surface area contributed by atoms with E-state index in [0.717, 1.165) is 0 Å². The second kappa shape index (κ2) is 6.91. The summed E-state index contributed by atoms with van der Waals surface area (Å²) in [4.78, 5) is 0. The molecule has 0 amide bonds. The Kier molecular flexibility index (Phi) is 6.15. The molecule has 0 saturated carbocycles. The molecule has 0 fully saturated rings. The zero-order valence-corrected chi connectivity index (χ0v) is 18.5. The number of rotatable bonds is 3. The van der Waals surface area contributed by atoms with Crippen LogP contribution in [0.1, 0.15) is 30.9 Å². The van der Waals surface area contributed by atoms with Crippen LogP contribution in [0.5, 0.6) is 0 Å². The standard InChI is InChI=1S/C9H11.C7H7.F6P.In.H/c1-8(2)9-6-4-3-5-7-9;1-7-5-3-2-4-6-7;1-7(2,3,4,5)6;;/h4-8H,1-2H3;3-6H,1H3;;;/q;;-1;;. The third-order valence-corrected chi connectivity index (χ3v) is 8.20. The van der Waals surface area contributed by atoms with E-state index in [1.807, 2.05) is 0 Å². The molecule has 0 saturated heterocycles. The van der Waals surface area contributed by atoms with E-state index in [1.54, 1.807) is 6.64 Å². The maximum atomic E-state index is 9.87. The Morgan fingerprint density at radius 1 is 0.708 bits per heavy atom. The summed E-state index contributed by atoms with van der Waals surface area (Å²) in [6.45, 7) is 6.65. The van der Waals surface area contributed by atoms with Crippen LogP contribution in [0, 0.1) is 6.92 Å². The van der Waals surface area contributed by atoms with Crippen LogP contribution in [0.4, 0.5) is 25.2 Å². The molecule has 134 valence electrons. The van der Waals surface area contributed by atoms with Gasteiger partial charge < -0.3 is 0 Å². The SMILES string of the molecule is Cc1cc[c]([InH][c]2ccc(C(C)C)cc2)cc1.F[P-](F)(F)(F)(F)F. The number of aryl methyl sites for hydroxylation is 1. The quantitative estimate of drug-likeness (QED) is 0.387. The van der Waals surface area contributed by atoms with Crippen LogP contribution in [0.3, 0.4) is 0 Å². The van der Waals surface area contributed by atoms with Crippen molar-refractivity contribution in [3.63, 3.8) is 0 Å². The van der Waals surface area contributed by atoms with Gasteiger partial charge in [-0.15, -0.1) is 0 Å². The van der Waals surface area contributed by atoms with Crippen molar-refractivity contribution in [2.24, 2.45) is 0 Å². The van der Waals surface area contributed by atoms with E-state index in [0.29, 0.717) is 5.92 Å². The molecule has 0 N–H and O–H groups in total. The molecule has 2 aromatic rings. The molecule has 0 aromatic heterocycles. The molecular weight excluding hydrogens is 452 g/mol. The topological polar surface area (TPSA) is 0 Å². The monoisotopic (exact) mass is 471 g/mol. The van der Waals surface area contributed by atoms with E-state index < -0.39 is 30.7 Å². The maximum absolute atomic E-state index is 10.7. The van der Waals surface area contributed by atoms with Crippen LogP contribution < -0.4 is 6.64 Å². The molecular formula is C16H19F6InP-. The van der Waals surface area contributed by atoms with Crippen molar-refractivity contribution in [1.82, 2.24) is 0 Å². The first-order valence-corrected chi connectivity index (χ1v) is 13.4. The zero-order chi connectivity index (χ0) is 18.7. The second-order valence-electron chi connectivity index (χ2n) is 6.02. The van der Waals surface area contributed by atoms with Crippen molar-refractivity contribution < 1.29 is 25.2 Å². The molecule has 0 aliphatic carbocycles. The van der Waals surface area contributed by atoms with E-state index in [1.165, 1.54) is 11.1 Å². The van der Waals surface area contributed by atoms with Gasteiger partial charge in [0.1, 0.15) is 0 Å². The van der Waals surface area contributed by atoms with Gasteiger partial charge in [-0.2, -0.15) is 0 Å². The Morgan fingerprint density at radius 2 is 1.04 bits per heavy atom. The van der Waals surface area contributed by atoms with Crippen molar-refractivity contribution in [3.05, 3.63) is 59.7 Å². The molecule has 0 unspecified atom stereocenters. The van der Waals surface area contributed by atoms with Crippen LogP contribution >= 0.6 is 7.81 Å². The van der Waals surface area contributed by atoms with Gasteiger partial charge in [-0.3, -0.25) is 0 Å². The average molecular weight is 471 g/mol. The molecule has 0 spiro atoms. The Labute approximate surface area is 148 Å². The van der Waals surface area contributed by atoms with Crippen molar-refractivity contribution in [2.45, 2.75) is 26.7 Å². The summed E-state index contributed by atoms with van der Waals surface area (Å²) in [6, 6.07) is 18.3. The molecule has 2 aromatic carbocycles. The van der Waals surface area contributed by atoms with Gasteiger partial charge in [0, 0.05) is 0 Å². The summed E-state index contributed by atoms with van der Waals surface area (Å²) >= 11 is -0.965. The van der Waals surface area contributed by atoms with Crippen LogP contribution in [-0.2, 0) is 0 Å². The van der Waals surface area contributed by atoms with Crippen molar-refractivity contribution in [3.8, 4) is 0 Å². The Bertz CT molecular complexity index is 649. The predicted octanol–water partition coefficient (Wildman–Crippen LogP) is 5.89. The van der Waals surface area contributed by atoms with Crippen molar-refractivity contribution in [1.29, 1.82) is 0 Å². The molecule has 0 radical (unpaired) electrons. The zero-order valence-electron chi connectivity index (χ0n) is 13.6. The second-order valence-corrected chi connectivity index (χ2v) is 13.6. The van der Waals surface area contributed by atoms with E-state index >= 15 is 0 Å². The van der Waals surface area contributed by atoms with Gasteiger partial charge in [0.15, 0.2) is 0 Å². The molecule has 0 atom stereocenters. The number of hydrogen-bond donors (Lipinski definition) is 0. The first kappa shape index (κ1) is 21.4. The van der Waals surface area contributed by atoms with Crippen LogP contribution in [0.2, 0.25) is 0 Å². The fourth-order valence-corrected chi connectivity index (χ4v) is 6.00. The first-order valence-electron chi connectivity index (χ1n) is 7.31. The number of halogens is 6. The van der Waals surface area contributed by atoms with E-state index in [2.05, 4.69) is 69.3 Å². The molecule has 0 aliphatic rings. The van der Waals surface area contributed by atoms with Crippen molar-refractivity contribution >= 4 is 37.4 Å². The summed E-state index contributed by atoms with van der Waals surface area (Å²) in [5.74, 6) is 0.638. The molecule has 2 rings (SSSR count). The van der Waals surface area contributed by atoms with Gasteiger partial charge in [0.2, 0.25) is 0 Å². The van der Waals surface area contributed by atoms with Gasteiger partial charge in [-0.1, -0.05) is 0 Å². The first-order chi connectivity index (χ1) is 10.6. The molecule has 24 heavy (non-hydrogen) atoms. The summed E-state index contributed by atoms with van der Waals surface area (Å²) in [6.07, 6.45) is 0. The predicted molar refractivity (Wildman–Crippen MR) is 91.7 cm³/mol. The fourth-order valence-electron chi connectivity index (χ4n) is 1.96. The summed E-state index contributed by atoms with van der Waals surface area (Å²) in [7, 11) is -10.7. The van der Waals surface area contributed by atoms with Gasteiger partial charge in [0.25, 0.3) is 0 Å². The normalized spacial score (nSPS) is 14.2. The number of benzene rings is 2. The Hall–Kier alpha value is -0.680. The van der Waals surface area contributed by atoms with Gasteiger partial charge in [-0.25, -0.2) is 0 Å². The molecule has 8 heteroatoms. The van der Waals surface area contributed by atoms with E-state index in [9.17, 15) is 25.2 Å². The van der Waals surface area contributed by atoms with Gasteiger partial charge >= 0.3 is 149 Å². The third kappa shape index (κ3) is 11.8. The fraction of sp³-hybridized carbons (Fsp3) is 0.250. The van der Waals surface area contributed by atoms with E-state index in [-0.39, 0.29) is 0 Å².